The number of H-pyrrole nitrogens is 1. The van der Waals surface area contributed by atoms with Gasteiger partial charge in [0.1, 0.15) is 17.3 Å². The molecular weight excluding hydrogens is 382 g/mol. The molecule has 0 bridgehead atoms. The van der Waals surface area contributed by atoms with E-state index in [0.717, 1.165) is 36.4 Å². The van der Waals surface area contributed by atoms with E-state index in [1.807, 2.05) is 25.4 Å². The van der Waals surface area contributed by atoms with Gasteiger partial charge in [-0.2, -0.15) is 5.10 Å². The van der Waals surface area contributed by atoms with Crippen molar-refractivity contribution in [1.82, 2.24) is 20.3 Å². The van der Waals surface area contributed by atoms with E-state index in [2.05, 4.69) is 31.7 Å². The van der Waals surface area contributed by atoms with Crippen molar-refractivity contribution in [3.8, 4) is 5.75 Å². The average molecular weight is 407 g/mol. The average Bonchev–Trinajstić information content (AvgIpc) is 3.08. The Bertz CT molecular complexity index is 1040. The Morgan fingerprint density at radius 3 is 2.93 bits per heavy atom. The van der Waals surface area contributed by atoms with Gasteiger partial charge in [0.15, 0.2) is 0 Å². The van der Waals surface area contributed by atoms with Gasteiger partial charge in [0.05, 0.1) is 30.1 Å². The van der Waals surface area contributed by atoms with Gasteiger partial charge in [-0.25, -0.2) is 0 Å². The molecule has 2 fully saturated rings. The number of hydrogen-bond acceptors (Lipinski definition) is 6. The number of hydrogen-bond donors (Lipinski definition) is 2. The van der Waals surface area contributed by atoms with Crippen LogP contribution in [0.5, 0.6) is 5.75 Å². The number of carbonyl (C=O) groups is 1. The first-order chi connectivity index (χ1) is 14.6. The van der Waals surface area contributed by atoms with E-state index in [0.29, 0.717) is 23.4 Å². The van der Waals surface area contributed by atoms with Crippen molar-refractivity contribution in [1.29, 1.82) is 0 Å². The maximum atomic E-state index is 12.2. The molecule has 0 aliphatic heterocycles. The number of amides is 1. The lowest BCUT2D eigenvalue weighted by Crippen LogP contribution is -2.14. The smallest absolute Gasteiger partial charge is 0.233 e. The lowest BCUT2D eigenvalue weighted by molar-refractivity contribution is -0.115. The highest BCUT2D eigenvalue weighted by molar-refractivity contribution is 5.91. The molecule has 3 aromatic rings. The fourth-order valence-corrected chi connectivity index (χ4v) is 4.18. The molecule has 2 aliphatic carbocycles. The van der Waals surface area contributed by atoms with Crippen LogP contribution >= 0.6 is 0 Å². The molecule has 8 nitrogen and oxygen atoms in total. The predicted octanol–water partition coefficient (Wildman–Crippen LogP) is 3.87. The van der Waals surface area contributed by atoms with Crippen molar-refractivity contribution in [2.45, 2.75) is 63.4 Å². The van der Waals surface area contributed by atoms with Gasteiger partial charge >= 0.3 is 0 Å². The topological polar surface area (TPSA) is 106 Å². The van der Waals surface area contributed by atoms with Crippen LogP contribution in [0.4, 0.5) is 5.82 Å². The molecule has 30 heavy (non-hydrogen) atoms. The van der Waals surface area contributed by atoms with Crippen LogP contribution in [-0.4, -0.2) is 32.3 Å². The summed E-state index contributed by atoms with van der Waals surface area (Å²) in [5, 5.41) is 14.0. The molecule has 0 unspecified atom stereocenters. The molecule has 5 rings (SSSR count). The molecule has 156 valence electrons. The molecule has 2 atom stereocenters. The molecular formula is C22H25N5O3. The SMILES string of the molecule is Cc1cc(CC(=O)Nc2cc([C@H]3CC[C@@H](Oc4cnccc4C4CC4)C3)n[nH]2)on1. The van der Waals surface area contributed by atoms with Crippen molar-refractivity contribution in [2.24, 2.45) is 0 Å². The molecule has 2 N–H and O–H groups in total. The Morgan fingerprint density at radius 1 is 1.27 bits per heavy atom. The maximum Gasteiger partial charge on any atom is 0.233 e. The molecule has 2 saturated carbocycles. The number of aromatic nitrogens is 4. The number of aromatic amines is 1. The quantitative estimate of drug-likeness (QED) is 0.616. The first-order valence-corrected chi connectivity index (χ1v) is 10.5. The molecule has 3 heterocycles. The Balaban J connectivity index is 1.17. The van der Waals surface area contributed by atoms with Crippen molar-refractivity contribution < 1.29 is 14.1 Å². The van der Waals surface area contributed by atoms with Crippen molar-refractivity contribution in [3.05, 3.63) is 53.3 Å². The largest absolute Gasteiger partial charge is 0.488 e. The molecule has 0 aromatic carbocycles. The van der Waals surface area contributed by atoms with Crippen LogP contribution in [0, 0.1) is 6.92 Å². The minimum atomic E-state index is -0.168. The first kappa shape index (κ1) is 18.8. The summed E-state index contributed by atoms with van der Waals surface area (Å²) in [6.07, 6.45) is 9.40. The van der Waals surface area contributed by atoms with Crippen molar-refractivity contribution in [3.63, 3.8) is 0 Å². The van der Waals surface area contributed by atoms with E-state index in [1.165, 1.54) is 18.4 Å². The highest BCUT2D eigenvalue weighted by atomic mass is 16.5. The second-order valence-electron chi connectivity index (χ2n) is 8.30. The normalized spacial score (nSPS) is 21.0. The van der Waals surface area contributed by atoms with E-state index in [1.54, 1.807) is 6.07 Å². The molecule has 0 radical (unpaired) electrons. The van der Waals surface area contributed by atoms with E-state index in [9.17, 15) is 4.79 Å². The lowest BCUT2D eigenvalue weighted by Gasteiger charge is -2.16. The number of carbonyl (C=O) groups excluding carboxylic acids is 1. The van der Waals surface area contributed by atoms with Gasteiger partial charge in [0.25, 0.3) is 0 Å². The Hall–Kier alpha value is -3.16. The van der Waals surface area contributed by atoms with Crippen LogP contribution < -0.4 is 10.1 Å². The van der Waals surface area contributed by atoms with Crippen LogP contribution in [0.15, 0.2) is 35.1 Å². The van der Waals surface area contributed by atoms with E-state index < -0.39 is 0 Å². The van der Waals surface area contributed by atoms with Crippen LogP contribution in [-0.2, 0) is 11.2 Å². The zero-order chi connectivity index (χ0) is 20.5. The zero-order valence-electron chi connectivity index (χ0n) is 16.9. The molecule has 8 heteroatoms. The van der Waals surface area contributed by atoms with Gasteiger partial charge in [0, 0.05) is 29.8 Å². The third-order valence-electron chi connectivity index (χ3n) is 5.81. The molecule has 3 aromatic heterocycles. The third-order valence-corrected chi connectivity index (χ3v) is 5.81. The Labute approximate surface area is 174 Å². The lowest BCUT2D eigenvalue weighted by atomic mass is 10.0. The number of aryl methyl sites for hydroxylation is 1. The molecule has 1 amide bonds. The van der Waals surface area contributed by atoms with Gasteiger partial charge in [-0.15, -0.1) is 0 Å². The summed E-state index contributed by atoms with van der Waals surface area (Å²) >= 11 is 0. The second kappa shape index (κ2) is 7.93. The fraction of sp³-hybridized carbons (Fsp3) is 0.455. The first-order valence-electron chi connectivity index (χ1n) is 10.5. The second-order valence-corrected chi connectivity index (χ2v) is 8.30. The van der Waals surface area contributed by atoms with E-state index in [4.69, 9.17) is 9.26 Å². The number of nitrogens with zero attached hydrogens (tertiary/aromatic N) is 3. The summed E-state index contributed by atoms with van der Waals surface area (Å²) in [4.78, 5) is 16.4. The summed E-state index contributed by atoms with van der Waals surface area (Å²) in [7, 11) is 0. The number of rotatable bonds is 7. The van der Waals surface area contributed by atoms with Crippen LogP contribution in [0.1, 0.15) is 66.7 Å². The minimum absolute atomic E-state index is 0.142. The summed E-state index contributed by atoms with van der Waals surface area (Å²) in [6.45, 7) is 1.83. The number of nitrogens with one attached hydrogen (secondary N) is 2. The summed E-state index contributed by atoms with van der Waals surface area (Å²) < 4.78 is 11.4. The summed E-state index contributed by atoms with van der Waals surface area (Å²) in [5.74, 6) is 2.86. The van der Waals surface area contributed by atoms with Crippen molar-refractivity contribution in [2.75, 3.05) is 5.32 Å². The Morgan fingerprint density at radius 2 is 2.13 bits per heavy atom. The van der Waals surface area contributed by atoms with Gasteiger partial charge < -0.3 is 14.6 Å². The number of pyridine rings is 1. The van der Waals surface area contributed by atoms with Gasteiger partial charge in [-0.1, -0.05) is 5.16 Å². The van der Waals surface area contributed by atoms with E-state index in [-0.39, 0.29) is 18.4 Å². The standard InChI is InChI=1S/C22H25N5O3/c1-13-8-17(30-27-13)10-22(28)24-21-11-19(25-26-21)15-4-5-16(9-15)29-20-12-23-7-6-18(20)14-2-3-14/h6-8,11-12,14-16H,2-5,9-10H2,1H3,(H2,24,25,26,28)/t15-,16+/m0/s1. The van der Waals surface area contributed by atoms with Gasteiger partial charge in [0.2, 0.25) is 5.91 Å². The number of ether oxygens (including phenoxy) is 1. The fourth-order valence-electron chi connectivity index (χ4n) is 4.18. The third kappa shape index (κ3) is 4.22. The highest BCUT2D eigenvalue weighted by Gasteiger charge is 2.32. The van der Waals surface area contributed by atoms with Crippen LogP contribution in [0.25, 0.3) is 0 Å². The predicted molar refractivity (Wildman–Crippen MR) is 109 cm³/mol. The Kier molecular flexibility index (Phi) is 4.98. The zero-order valence-corrected chi connectivity index (χ0v) is 16.9. The van der Waals surface area contributed by atoms with E-state index >= 15 is 0 Å². The number of anilines is 1. The highest BCUT2D eigenvalue weighted by Crippen LogP contribution is 2.45. The van der Waals surface area contributed by atoms with Crippen molar-refractivity contribution >= 4 is 11.7 Å². The maximum absolute atomic E-state index is 12.2. The summed E-state index contributed by atoms with van der Waals surface area (Å²) in [6, 6.07) is 5.76. The monoisotopic (exact) mass is 407 g/mol. The van der Waals surface area contributed by atoms with Crippen LogP contribution in [0.2, 0.25) is 0 Å². The summed E-state index contributed by atoms with van der Waals surface area (Å²) in [5.41, 5.74) is 3.01. The molecule has 0 spiro atoms. The van der Waals surface area contributed by atoms with Crippen LogP contribution in [0.3, 0.4) is 0 Å². The molecule has 0 saturated heterocycles. The molecule has 2 aliphatic rings. The minimum Gasteiger partial charge on any atom is -0.488 e. The van der Waals surface area contributed by atoms with Gasteiger partial charge in [-0.3, -0.25) is 14.9 Å². The van der Waals surface area contributed by atoms with Gasteiger partial charge in [-0.05, 0) is 51.0 Å².